The Labute approximate surface area is 147 Å². The normalized spacial score (nSPS) is 11.6. The highest BCUT2D eigenvalue weighted by molar-refractivity contribution is 7.89. The van der Waals surface area contributed by atoms with E-state index in [9.17, 15) is 8.42 Å². The maximum absolute atomic E-state index is 12.1. The molecule has 0 fully saturated rings. The predicted molar refractivity (Wildman–Crippen MR) is 88.0 cm³/mol. The van der Waals surface area contributed by atoms with Crippen LogP contribution >= 0.6 is 23.2 Å². The maximum Gasteiger partial charge on any atom is 0.242 e. The van der Waals surface area contributed by atoms with Gasteiger partial charge in [0.1, 0.15) is 10.0 Å². The SMILES string of the molecule is O=S(=O)(NCc1nc(-c2cccc(Cl)c2)no1)c1ccc(Cl)nc1. The van der Waals surface area contributed by atoms with Gasteiger partial charge in [-0.1, -0.05) is 40.5 Å². The second-order valence-electron chi connectivity index (χ2n) is 4.66. The van der Waals surface area contributed by atoms with E-state index >= 15 is 0 Å². The van der Waals surface area contributed by atoms with Crippen LogP contribution in [0, 0.1) is 0 Å². The van der Waals surface area contributed by atoms with E-state index in [1.807, 2.05) is 0 Å². The molecular formula is C14H10Cl2N4O3S. The van der Waals surface area contributed by atoms with E-state index in [0.29, 0.717) is 16.4 Å². The van der Waals surface area contributed by atoms with Crippen LogP contribution < -0.4 is 4.72 Å². The summed E-state index contributed by atoms with van der Waals surface area (Å²) < 4.78 is 31.7. The topological polar surface area (TPSA) is 98.0 Å². The smallest absolute Gasteiger partial charge is 0.242 e. The number of pyridine rings is 1. The van der Waals surface area contributed by atoms with Crippen LogP contribution in [-0.4, -0.2) is 23.5 Å². The average Bonchev–Trinajstić information content (AvgIpc) is 3.03. The zero-order chi connectivity index (χ0) is 17.2. The van der Waals surface area contributed by atoms with E-state index in [0.717, 1.165) is 6.20 Å². The quantitative estimate of drug-likeness (QED) is 0.679. The van der Waals surface area contributed by atoms with E-state index in [1.54, 1.807) is 24.3 Å². The number of hydrogen-bond donors (Lipinski definition) is 1. The molecule has 0 aliphatic rings. The van der Waals surface area contributed by atoms with Crippen LogP contribution in [0.4, 0.5) is 0 Å². The van der Waals surface area contributed by atoms with Crippen LogP contribution in [-0.2, 0) is 16.6 Å². The van der Waals surface area contributed by atoms with Crippen molar-refractivity contribution in [2.75, 3.05) is 0 Å². The fraction of sp³-hybridized carbons (Fsp3) is 0.0714. The number of aromatic nitrogens is 3. The Morgan fingerprint density at radius 1 is 1.17 bits per heavy atom. The third kappa shape index (κ3) is 3.90. The summed E-state index contributed by atoms with van der Waals surface area (Å²) in [6.07, 6.45) is 1.16. The molecule has 0 unspecified atom stereocenters. The first-order chi connectivity index (χ1) is 11.4. The van der Waals surface area contributed by atoms with Crippen LogP contribution in [0.2, 0.25) is 10.2 Å². The van der Waals surface area contributed by atoms with Crippen molar-refractivity contribution in [3.05, 3.63) is 58.7 Å². The minimum Gasteiger partial charge on any atom is -0.338 e. The zero-order valence-corrected chi connectivity index (χ0v) is 14.3. The molecule has 0 aliphatic heterocycles. The van der Waals surface area contributed by atoms with Gasteiger partial charge in [0, 0.05) is 16.8 Å². The molecule has 7 nitrogen and oxygen atoms in total. The average molecular weight is 385 g/mol. The molecular weight excluding hydrogens is 375 g/mol. The molecule has 3 aromatic rings. The molecule has 124 valence electrons. The third-order valence-electron chi connectivity index (χ3n) is 2.97. The van der Waals surface area contributed by atoms with E-state index in [1.165, 1.54) is 12.1 Å². The molecule has 2 aromatic heterocycles. The summed E-state index contributed by atoms with van der Waals surface area (Å²) in [5.74, 6) is 0.440. The second kappa shape index (κ2) is 6.86. The molecule has 0 saturated heterocycles. The first kappa shape index (κ1) is 16.8. The summed E-state index contributed by atoms with van der Waals surface area (Å²) in [7, 11) is -3.76. The number of rotatable bonds is 5. The van der Waals surface area contributed by atoms with E-state index in [2.05, 4.69) is 19.8 Å². The molecule has 2 heterocycles. The predicted octanol–water partition coefficient (Wildman–Crippen LogP) is 2.92. The van der Waals surface area contributed by atoms with Gasteiger partial charge in [0.15, 0.2) is 0 Å². The fourth-order valence-corrected chi connectivity index (χ4v) is 3.05. The fourth-order valence-electron chi connectivity index (χ4n) is 1.83. The van der Waals surface area contributed by atoms with Crippen molar-refractivity contribution in [3.8, 4) is 11.4 Å². The number of hydrogen-bond acceptors (Lipinski definition) is 6. The second-order valence-corrected chi connectivity index (χ2v) is 7.25. The number of benzene rings is 1. The largest absolute Gasteiger partial charge is 0.338 e. The first-order valence-corrected chi connectivity index (χ1v) is 8.88. The monoisotopic (exact) mass is 384 g/mol. The van der Waals surface area contributed by atoms with Crippen LogP contribution in [0.3, 0.4) is 0 Å². The molecule has 1 aromatic carbocycles. The number of sulfonamides is 1. The van der Waals surface area contributed by atoms with Gasteiger partial charge in [-0.15, -0.1) is 0 Å². The summed E-state index contributed by atoms with van der Waals surface area (Å²) in [5.41, 5.74) is 0.669. The highest BCUT2D eigenvalue weighted by Gasteiger charge is 2.16. The van der Waals surface area contributed by atoms with Crippen LogP contribution in [0.15, 0.2) is 52.0 Å². The highest BCUT2D eigenvalue weighted by atomic mass is 35.5. The van der Waals surface area contributed by atoms with E-state index in [-0.39, 0.29) is 22.5 Å². The molecule has 10 heteroatoms. The van der Waals surface area contributed by atoms with Crippen molar-refractivity contribution >= 4 is 33.2 Å². The number of halogens is 2. The van der Waals surface area contributed by atoms with Crippen LogP contribution in [0.25, 0.3) is 11.4 Å². The van der Waals surface area contributed by atoms with Crippen molar-refractivity contribution < 1.29 is 12.9 Å². The summed E-state index contributed by atoms with van der Waals surface area (Å²) >= 11 is 11.5. The van der Waals surface area contributed by atoms with Gasteiger partial charge < -0.3 is 4.52 Å². The lowest BCUT2D eigenvalue weighted by molar-refractivity contribution is 0.376. The molecule has 3 rings (SSSR count). The minimum absolute atomic E-state index is 0.0125. The molecule has 0 amide bonds. The number of nitrogens with zero attached hydrogens (tertiary/aromatic N) is 3. The van der Waals surface area contributed by atoms with Gasteiger partial charge in [-0.3, -0.25) is 0 Å². The maximum atomic E-state index is 12.1. The van der Waals surface area contributed by atoms with Crippen molar-refractivity contribution in [2.45, 2.75) is 11.4 Å². The summed E-state index contributed by atoms with van der Waals surface area (Å²) in [6, 6.07) is 9.66. The molecule has 24 heavy (non-hydrogen) atoms. The lowest BCUT2D eigenvalue weighted by Gasteiger charge is -2.03. The molecule has 0 bridgehead atoms. The van der Waals surface area contributed by atoms with Gasteiger partial charge in [-0.2, -0.15) is 4.98 Å². The lowest BCUT2D eigenvalue weighted by atomic mass is 10.2. The van der Waals surface area contributed by atoms with Crippen molar-refractivity contribution in [2.24, 2.45) is 0 Å². The van der Waals surface area contributed by atoms with Crippen LogP contribution in [0.5, 0.6) is 0 Å². The standard InChI is InChI=1S/C14H10Cl2N4O3S/c15-10-3-1-2-9(6-10)14-19-13(23-20-14)8-18-24(21,22)11-4-5-12(16)17-7-11/h1-7,18H,8H2. The third-order valence-corrected chi connectivity index (χ3v) is 4.82. The molecule has 1 N–H and O–H groups in total. The first-order valence-electron chi connectivity index (χ1n) is 6.64. The van der Waals surface area contributed by atoms with Crippen molar-refractivity contribution in [1.29, 1.82) is 0 Å². The Morgan fingerprint density at radius 3 is 2.71 bits per heavy atom. The van der Waals surface area contributed by atoms with Crippen molar-refractivity contribution in [1.82, 2.24) is 19.8 Å². The molecule has 0 aliphatic carbocycles. The number of nitrogens with one attached hydrogen (secondary N) is 1. The summed E-state index contributed by atoms with van der Waals surface area (Å²) in [4.78, 5) is 7.85. The molecule has 0 radical (unpaired) electrons. The molecule has 0 atom stereocenters. The highest BCUT2D eigenvalue weighted by Crippen LogP contribution is 2.20. The van der Waals surface area contributed by atoms with Crippen LogP contribution in [0.1, 0.15) is 5.89 Å². The van der Waals surface area contributed by atoms with E-state index in [4.69, 9.17) is 27.7 Å². The lowest BCUT2D eigenvalue weighted by Crippen LogP contribution is -2.23. The molecule has 0 spiro atoms. The minimum atomic E-state index is -3.76. The van der Waals surface area contributed by atoms with Crippen molar-refractivity contribution in [3.63, 3.8) is 0 Å². The molecule has 0 saturated carbocycles. The Balaban J connectivity index is 1.72. The Kier molecular flexibility index (Phi) is 4.81. The van der Waals surface area contributed by atoms with Gasteiger partial charge in [0.25, 0.3) is 0 Å². The Morgan fingerprint density at radius 2 is 2.00 bits per heavy atom. The Hall–Kier alpha value is -2.00. The van der Waals surface area contributed by atoms with Gasteiger partial charge >= 0.3 is 0 Å². The summed E-state index contributed by atoms with van der Waals surface area (Å²) in [5, 5.41) is 4.55. The van der Waals surface area contributed by atoms with Gasteiger partial charge in [-0.25, -0.2) is 18.1 Å². The van der Waals surface area contributed by atoms with Gasteiger partial charge in [0.2, 0.25) is 21.7 Å². The summed E-state index contributed by atoms with van der Waals surface area (Å²) in [6.45, 7) is -0.154. The zero-order valence-electron chi connectivity index (χ0n) is 12.0. The van der Waals surface area contributed by atoms with Gasteiger partial charge in [-0.05, 0) is 24.3 Å². The van der Waals surface area contributed by atoms with E-state index < -0.39 is 10.0 Å². The van der Waals surface area contributed by atoms with Gasteiger partial charge in [0.05, 0.1) is 6.54 Å². The Bertz CT molecular complexity index is 958.